The van der Waals surface area contributed by atoms with Crippen LogP contribution < -0.4 is 10.6 Å². The molecule has 0 bridgehead atoms. The number of fused-ring (bicyclic) bond motifs is 2. The fourth-order valence-corrected chi connectivity index (χ4v) is 4.75. The minimum atomic E-state index is 0.375. The Balaban J connectivity index is 1.70. The molecule has 1 saturated carbocycles. The van der Waals surface area contributed by atoms with Crippen LogP contribution in [0.5, 0.6) is 0 Å². The van der Waals surface area contributed by atoms with Crippen LogP contribution >= 0.6 is 11.3 Å². The molecular weight excluding hydrogens is 268 g/mol. The minimum Gasteiger partial charge on any atom is -0.355 e. The molecule has 3 atom stereocenters. The van der Waals surface area contributed by atoms with Crippen LogP contribution in [0.3, 0.4) is 0 Å². The van der Waals surface area contributed by atoms with Gasteiger partial charge in [-0.1, -0.05) is 6.42 Å². The molecule has 20 heavy (non-hydrogen) atoms. The summed E-state index contributed by atoms with van der Waals surface area (Å²) in [5, 5.41) is 1.21. The molecule has 2 aromatic heterocycles. The van der Waals surface area contributed by atoms with E-state index in [9.17, 15) is 0 Å². The Hall–Kier alpha value is -1.20. The topological polar surface area (TPSA) is 55.0 Å². The van der Waals surface area contributed by atoms with E-state index in [1.165, 1.54) is 29.5 Å². The molecule has 1 aliphatic carbocycles. The molecule has 106 valence electrons. The smallest absolute Gasteiger partial charge is 0.140 e. The van der Waals surface area contributed by atoms with Crippen molar-refractivity contribution < 1.29 is 0 Å². The summed E-state index contributed by atoms with van der Waals surface area (Å²) < 4.78 is 0. The number of aromatic nitrogens is 2. The lowest BCUT2D eigenvalue weighted by Crippen LogP contribution is -2.38. The summed E-state index contributed by atoms with van der Waals surface area (Å²) >= 11 is 1.75. The monoisotopic (exact) mass is 288 g/mol. The number of nitrogens with two attached hydrogens (primary N) is 1. The van der Waals surface area contributed by atoms with Crippen molar-refractivity contribution in [2.45, 2.75) is 32.2 Å². The van der Waals surface area contributed by atoms with Crippen LogP contribution in [0.1, 0.15) is 24.1 Å². The first-order chi connectivity index (χ1) is 9.72. The van der Waals surface area contributed by atoms with Gasteiger partial charge in [-0.2, -0.15) is 0 Å². The Bertz CT molecular complexity index is 638. The van der Waals surface area contributed by atoms with E-state index < -0.39 is 0 Å². The minimum absolute atomic E-state index is 0.375. The van der Waals surface area contributed by atoms with Gasteiger partial charge in [-0.05, 0) is 37.7 Å². The Morgan fingerprint density at radius 2 is 2.20 bits per heavy atom. The zero-order valence-electron chi connectivity index (χ0n) is 11.7. The number of anilines is 1. The number of aryl methyl sites for hydroxylation is 1. The molecule has 3 unspecified atom stereocenters. The second-order valence-electron chi connectivity index (χ2n) is 6.20. The molecular formula is C15H20N4S. The molecule has 4 rings (SSSR count). The first-order valence-electron chi connectivity index (χ1n) is 7.44. The maximum atomic E-state index is 6.32. The molecule has 0 radical (unpaired) electrons. The third-order valence-electron chi connectivity index (χ3n) is 4.89. The molecule has 0 aromatic carbocycles. The van der Waals surface area contributed by atoms with E-state index in [0.29, 0.717) is 12.0 Å². The van der Waals surface area contributed by atoms with Gasteiger partial charge in [-0.15, -0.1) is 11.3 Å². The molecule has 2 N–H and O–H groups in total. The molecule has 4 nitrogen and oxygen atoms in total. The highest BCUT2D eigenvalue weighted by atomic mass is 32.1. The molecule has 3 heterocycles. The zero-order chi connectivity index (χ0) is 13.7. The van der Waals surface area contributed by atoms with Crippen LogP contribution in [-0.2, 0) is 0 Å². The van der Waals surface area contributed by atoms with E-state index in [1.54, 1.807) is 17.7 Å². The molecule has 1 aliphatic heterocycles. The molecule has 5 heteroatoms. The lowest BCUT2D eigenvalue weighted by atomic mass is 9.78. The number of nitrogens with zero attached hydrogens (tertiary/aromatic N) is 3. The summed E-state index contributed by atoms with van der Waals surface area (Å²) in [4.78, 5) is 13.8. The predicted molar refractivity (Wildman–Crippen MR) is 83.2 cm³/mol. The number of rotatable bonds is 1. The van der Waals surface area contributed by atoms with E-state index in [0.717, 1.165) is 29.7 Å². The van der Waals surface area contributed by atoms with Crippen LogP contribution in [0.25, 0.3) is 10.2 Å². The van der Waals surface area contributed by atoms with Crippen molar-refractivity contribution in [3.63, 3.8) is 0 Å². The van der Waals surface area contributed by atoms with Crippen molar-refractivity contribution in [2.24, 2.45) is 17.6 Å². The van der Waals surface area contributed by atoms with Gasteiger partial charge in [-0.3, -0.25) is 0 Å². The molecule has 2 aliphatic rings. The van der Waals surface area contributed by atoms with Crippen LogP contribution in [0.4, 0.5) is 5.82 Å². The number of thiophene rings is 1. The summed E-state index contributed by atoms with van der Waals surface area (Å²) in [6.07, 6.45) is 5.50. The molecule has 2 aromatic rings. The van der Waals surface area contributed by atoms with E-state index in [2.05, 4.69) is 27.9 Å². The third kappa shape index (κ3) is 1.91. The first-order valence-corrected chi connectivity index (χ1v) is 8.25. The summed E-state index contributed by atoms with van der Waals surface area (Å²) in [6.45, 7) is 4.31. The molecule has 0 spiro atoms. The lowest BCUT2D eigenvalue weighted by molar-refractivity contribution is 0.260. The highest BCUT2D eigenvalue weighted by Crippen LogP contribution is 2.39. The Morgan fingerprint density at radius 1 is 1.30 bits per heavy atom. The molecule has 2 fully saturated rings. The van der Waals surface area contributed by atoms with E-state index in [1.807, 2.05) is 0 Å². The lowest BCUT2D eigenvalue weighted by Gasteiger charge is -2.29. The molecule has 0 amide bonds. The van der Waals surface area contributed by atoms with Crippen molar-refractivity contribution in [3.8, 4) is 0 Å². The van der Waals surface area contributed by atoms with Gasteiger partial charge < -0.3 is 10.6 Å². The van der Waals surface area contributed by atoms with Crippen molar-refractivity contribution in [1.29, 1.82) is 0 Å². The van der Waals surface area contributed by atoms with Crippen LogP contribution in [0.15, 0.2) is 12.4 Å². The quantitative estimate of drug-likeness (QED) is 0.876. The van der Waals surface area contributed by atoms with Crippen LogP contribution in [0, 0.1) is 18.8 Å². The van der Waals surface area contributed by atoms with Crippen molar-refractivity contribution in [2.75, 3.05) is 18.0 Å². The van der Waals surface area contributed by atoms with Crippen LogP contribution in [0.2, 0.25) is 0 Å². The average molecular weight is 288 g/mol. The van der Waals surface area contributed by atoms with Gasteiger partial charge in [0.1, 0.15) is 17.0 Å². The highest BCUT2D eigenvalue weighted by molar-refractivity contribution is 7.18. The second kappa shape index (κ2) is 4.67. The number of hydrogen-bond acceptors (Lipinski definition) is 5. The predicted octanol–water partition coefficient (Wildman–Crippen LogP) is 2.56. The maximum Gasteiger partial charge on any atom is 0.140 e. The zero-order valence-corrected chi connectivity index (χ0v) is 12.6. The van der Waals surface area contributed by atoms with Gasteiger partial charge in [0, 0.05) is 24.0 Å². The summed E-state index contributed by atoms with van der Waals surface area (Å²) in [6, 6.07) is 2.59. The highest BCUT2D eigenvalue weighted by Gasteiger charge is 2.39. The summed E-state index contributed by atoms with van der Waals surface area (Å²) in [5.41, 5.74) is 6.32. The van der Waals surface area contributed by atoms with Crippen molar-refractivity contribution in [1.82, 2.24) is 9.97 Å². The second-order valence-corrected chi connectivity index (χ2v) is 7.43. The SMILES string of the molecule is Cc1cc2c(N3CC4CCCC(N)C4C3)ncnc2s1. The largest absolute Gasteiger partial charge is 0.355 e. The van der Waals surface area contributed by atoms with Crippen molar-refractivity contribution in [3.05, 3.63) is 17.3 Å². The number of hydrogen-bond donors (Lipinski definition) is 1. The van der Waals surface area contributed by atoms with E-state index in [-0.39, 0.29) is 0 Å². The maximum absolute atomic E-state index is 6.32. The van der Waals surface area contributed by atoms with Gasteiger partial charge >= 0.3 is 0 Å². The van der Waals surface area contributed by atoms with Crippen molar-refractivity contribution >= 4 is 27.4 Å². The van der Waals surface area contributed by atoms with Gasteiger partial charge in [0.2, 0.25) is 0 Å². The van der Waals surface area contributed by atoms with Gasteiger partial charge in [0.25, 0.3) is 0 Å². The van der Waals surface area contributed by atoms with Gasteiger partial charge in [0.15, 0.2) is 0 Å². The average Bonchev–Trinajstić information content (AvgIpc) is 3.01. The summed E-state index contributed by atoms with van der Waals surface area (Å²) in [7, 11) is 0. The Morgan fingerprint density at radius 3 is 3.05 bits per heavy atom. The van der Waals surface area contributed by atoms with Gasteiger partial charge in [0.05, 0.1) is 5.39 Å². The first kappa shape index (κ1) is 12.5. The summed E-state index contributed by atoms with van der Waals surface area (Å²) in [5.74, 6) is 2.51. The fraction of sp³-hybridized carbons (Fsp3) is 0.600. The standard InChI is InChI=1S/C15H20N4S/c1-9-5-11-14(17-8-18-15(11)20-9)19-6-10-3-2-4-13(16)12(10)7-19/h5,8,10,12-13H,2-4,6-7,16H2,1H3. The Kier molecular flexibility index (Phi) is 2.93. The normalized spacial score (nSPS) is 29.9. The Labute approximate surface area is 123 Å². The van der Waals surface area contributed by atoms with E-state index in [4.69, 9.17) is 5.73 Å². The van der Waals surface area contributed by atoms with E-state index >= 15 is 0 Å². The molecule has 1 saturated heterocycles. The fourth-order valence-electron chi connectivity index (χ4n) is 3.91. The van der Waals surface area contributed by atoms with Gasteiger partial charge in [-0.25, -0.2) is 9.97 Å². The third-order valence-corrected chi connectivity index (χ3v) is 5.84. The van der Waals surface area contributed by atoms with Crippen LogP contribution in [-0.4, -0.2) is 29.1 Å².